The molecule has 1 aliphatic heterocycles. The molecule has 0 saturated carbocycles. The number of likely N-dealkylation sites (tertiary alicyclic amines) is 1. The van der Waals surface area contributed by atoms with Crippen LogP contribution in [0.1, 0.15) is 32.4 Å². The van der Waals surface area contributed by atoms with Crippen LogP contribution in [0.3, 0.4) is 0 Å². The molecule has 3 rings (SSSR count). The number of oxazole rings is 1. The number of aromatic nitrogens is 1. The summed E-state index contributed by atoms with van der Waals surface area (Å²) >= 11 is 0. The zero-order chi connectivity index (χ0) is 18.4. The molecule has 0 amide bonds. The Bertz CT molecular complexity index is 702. The molecular weight excluding hydrogens is 326 g/mol. The first-order valence-corrected chi connectivity index (χ1v) is 9.36. The van der Waals surface area contributed by atoms with Gasteiger partial charge in [-0.25, -0.2) is 4.98 Å². The van der Waals surface area contributed by atoms with Crippen LogP contribution in [0, 0.1) is 0 Å². The first-order valence-electron chi connectivity index (χ1n) is 9.36. The molecule has 0 unspecified atom stereocenters. The van der Waals surface area contributed by atoms with Gasteiger partial charge < -0.3 is 20.0 Å². The average molecular weight is 355 g/mol. The molecule has 1 saturated heterocycles. The second kappa shape index (κ2) is 8.85. The van der Waals surface area contributed by atoms with Crippen molar-refractivity contribution >= 4 is 5.96 Å². The summed E-state index contributed by atoms with van der Waals surface area (Å²) in [6, 6.07) is 11.0. The van der Waals surface area contributed by atoms with Gasteiger partial charge in [0.15, 0.2) is 5.96 Å². The van der Waals surface area contributed by atoms with Crippen LogP contribution in [0.5, 0.6) is 0 Å². The lowest BCUT2D eigenvalue weighted by Crippen LogP contribution is -2.49. The van der Waals surface area contributed by atoms with Crippen molar-refractivity contribution in [1.29, 1.82) is 0 Å². The van der Waals surface area contributed by atoms with Gasteiger partial charge >= 0.3 is 0 Å². The van der Waals surface area contributed by atoms with Gasteiger partial charge in [-0.15, -0.1) is 0 Å². The monoisotopic (exact) mass is 355 g/mol. The number of benzene rings is 1. The maximum atomic E-state index is 5.58. The number of hydrogen-bond donors (Lipinski definition) is 2. The van der Waals surface area contributed by atoms with E-state index in [-0.39, 0.29) is 0 Å². The number of piperidine rings is 1. The van der Waals surface area contributed by atoms with Gasteiger partial charge in [0.2, 0.25) is 5.89 Å². The molecule has 0 spiro atoms. The summed E-state index contributed by atoms with van der Waals surface area (Å²) in [6.45, 7) is 7.37. The topological polar surface area (TPSA) is 65.7 Å². The van der Waals surface area contributed by atoms with Crippen molar-refractivity contribution in [2.24, 2.45) is 4.99 Å². The fourth-order valence-electron chi connectivity index (χ4n) is 3.22. The van der Waals surface area contributed by atoms with Crippen molar-refractivity contribution in [2.75, 3.05) is 20.1 Å². The van der Waals surface area contributed by atoms with Gasteiger partial charge in [-0.05, 0) is 38.8 Å². The molecule has 2 heterocycles. The zero-order valence-electron chi connectivity index (χ0n) is 15.9. The second-order valence-corrected chi connectivity index (χ2v) is 6.98. The lowest BCUT2D eigenvalue weighted by atomic mass is 10.0. The third-order valence-corrected chi connectivity index (χ3v) is 4.83. The molecule has 2 aromatic rings. The van der Waals surface area contributed by atoms with E-state index < -0.39 is 0 Å². The highest BCUT2D eigenvalue weighted by atomic mass is 16.3. The highest BCUT2D eigenvalue weighted by Gasteiger charge is 2.21. The van der Waals surface area contributed by atoms with E-state index in [9.17, 15) is 0 Å². The first-order chi connectivity index (χ1) is 12.7. The minimum Gasteiger partial charge on any atom is -0.444 e. The SMILES string of the molecule is CN=C(NCc1coc(-c2ccccc2)n1)NC1CCN(C(C)C)CC1. The smallest absolute Gasteiger partial charge is 0.226 e. The normalized spacial score (nSPS) is 16.8. The van der Waals surface area contributed by atoms with Crippen LogP contribution in [0.15, 0.2) is 46.0 Å². The minimum absolute atomic E-state index is 0.466. The van der Waals surface area contributed by atoms with Gasteiger partial charge in [0.1, 0.15) is 6.26 Å². The fourth-order valence-corrected chi connectivity index (χ4v) is 3.22. The summed E-state index contributed by atoms with van der Waals surface area (Å²) in [5, 5.41) is 6.86. The van der Waals surface area contributed by atoms with E-state index >= 15 is 0 Å². The Hall–Kier alpha value is -2.34. The third kappa shape index (κ3) is 4.85. The summed E-state index contributed by atoms with van der Waals surface area (Å²) in [6.07, 6.45) is 3.98. The summed E-state index contributed by atoms with van der Waals surface area (Å²) in [5.74, 6) is 1.46. The highest BCUT2D eigenvalue weighted by Crippen LogP contribution is 2.17. The van der Waals surface area contributed by atoms with E-state index in [0.29, 0.717) is 24.5 Å². The van der Waals surface area contributed by atoms with Gasteiger partial charge in [-0.1, -0.05) is 18.2 Å². The second-order valence-electron chi connectivity index (χ2n) is 6.98. The molecule has 1 fully saturated rings. The molecule has 26 heavy (non-hydrogen) atoms. The predicted octanol–water partition coefficient (Wildman–Crippen LogP) is 2.88. The largest absolute Gasteiger partial charge is 0.444 e. The lowest BCUT2D eigenvalue weighted by molar-refractivity contribution is 0.167. The lowest BCUT2D eigenvalue weighted by Gasteiger charge is -2.35. The van der Waals surface area contributed by atoms with Gasteiger partial charge in [0.05, 0.1) is 12.2 Å². The Morgan fingerprint density at radius 3 is 2.65 bits per heavy atom. The molecule has 1 aliphatic rings. The molecule has 0 radical (unpaired) electrons. The van der Waals surface area contributed by atoms with Crippen molar-refractivity contribution < 1.29 is 4.42 Å². The number of aliphatic imine (C=N–C) groups is 1. The molecule has 0 aliphatic carbocycles. The summed E-state index contributed by atoms with van der Waals surface area (Å²) in [5.41, 5.74) is 1.85. The number of hydrogen-bond acceptors (Lipinski definition) is 4. The Labute approximate surface area is 155 Å². The summed E-state index contributed by atoms with van der Waals surface area (Å²) in [7, 11) is 1.80. The fraction of sp³-hybridized carbons (Fsp3) is 0.500. The number of nitrogens with one attached hydrogen (secondary N) is 2. The van der Waals surface area contributed by atoms with E-state index in [0.717, 1.165) is 43.1 Å². The maximum Gasteiger partial charge on any atom is 0.226 e. The van der Waals surface area contributed by atoms with Crippen molar-refractivity contribution in [1.82, 2.24) is 20.5 Å². The van der Waals surface area contributed by atoms with E-state index in [1.807, 2.05) is 30.3 Å². The van der Waals surface area contributed by atoms with Crippen LogP contribution in [0.2, 0.25) is 0 Å². The number of nitrogens with zero attached hydrogens (tertiary/aromatic N) is 3. The van der Waals surface area contributed by atoms with Crippen LogP contribution in [-0.4, -0.2) is 48.1 Å². The first kappa shape index (κ1) is 18.5. The van der Waals surface area contributed by atoms with Crippen molar-refractivity contribution in [2.45, 2.75) is 45.3 Å². The predicted molar refractivity (Wildman–Crippen MR) is 105 cm³/mol. The van der Waals surface area contributed by atoms with Gasteiger partial charge in [0.25, 0.3) is 0 Å². The quantitative estimate of drug-likeness (QED) is 0.638. The number of guanidine groups is 1. The van der Waals surface area contributed by atoms with E-state index in [1.54, 1.807) is 13.3 Å². The van der Waals surface area contributed by atoms with Crippen LogP contribution in [0.25, 0.3) is 11.5 Å². The van der Waals surface area contributed by atoms with Crippen LogP contribution < -0.4 is 10.6 Å². The molecule has 6 nitrogen and oxygen atoms in total. The molecule has 140 valence electrons. The molecular formula is C20H29N5O. The number of rotatable bonds is 5. The van der Waals surface area contributed by atoms with Crippen LogP contribution >= 0.6 is 0 Å². The molecule has 0 atom stereocenters. The average Bonchev–Trinajstić information content (AvgIpc) is 3.15. The highest BCUT2D eigenvalue weighted by molar-refractivity contribution is 5.79. The van der Waals surface area contributed by atoms with Crippen LogP contribution in [0.4, 0.5) is 0 Å². The van der Waals surface area contributed by atoms with Gasteiger partial charge in [-0.3, -0.25) is 4.99 Å². The van der Waals surface area contributed by atoms with Gasteiger partial charge in [-0.2, -0.15) is 0 Å². The molecule has 1 aromatic heterocycles. The zero-order valence-corrected chi connectivity index (χ0v) is 15.9. The Balaban J connectivity index is 1.48. The molecule has 6 heteroatoms. The Morgan fingerprint density at radius 1 is 1.27 bits per heavy atom. The standard InChI is InChI=1S/C20H29N5O/c1-15(2)25-11-9-17(10-12-25)24-20(21-3)22-13-18-14-26-19(23-18)16-7-5-4-6-8-16/h4-8,14-15,17H,9-13H2,1-3H3,(H2,21,22,24). The van der Waals surface area contributed by atoms with E-state index in [1.165, 1.54) is 0 Å². The Morgan fingerprint density at radius 2 is 2.00 bits per heavy atom. The summed E-state index contributed by atoms with van der Waals surface area (Å²) < 4.78 is 5.58. The van der Waals surface area contributed by atoms with E-state index in [4.69, 9.17) is 4.42 Å². The molecule has 2 N–H and O–H groups in total. The van der Waals surface area contributed by atoms with Crippen LogP contribution in [-0.2, 0) is 6.54 Å². The Kier molecular flexibility index (Phi) is 6.28. The van der Waals surface area contributed by atoms with E-state index in [2.05, 4.69) is 39.4 Å². The molecule has 1 aromatic carbocycles. The third-order valence-electron chi connectivity index (χ3n) is 4.83. The van der Waals surface area contributed by atoms with Crippen molar-refractivity contribution in [3.05, 3.63) is 42.3 Å². The van der Waals surface area contributed by atoms with Crippen molar-refractivity contribution in [3.8, 4) is 11.5 Å². The van der Waals surface area contributed by atoms with Crippen molar-refractivity contribution in [3.63, 3.8) is 0 Å². The maximum absolute atomic E-state index is 5.58. The molecule has 0 bridgehead atoms. The minimum atomic E-state index is 0.466. The summed E-state index contributed by atoms with van der Waals surface area (Å²) in [4.78, 5) is 11.4. The van der Waals surface area contributed by atoms with Gasteiger partial charge in [0, 0.05) is 37.8 Å².